The molecule has 0 spiro atoms. The molecule has 0 radical (unpaired) electrons. The van der Waals surface area contributed by atoms with Gasteiger partial charge in [-0.15, -0.1) is 0 Å². The second-order valence-corrected chi connectivity index (χ2v) is 8.01. The summed E-state index contributed by atoms with van der Waals surface area (Å²) in [5.41, 5.74) is 1.14. The monoisotopic (exact) mass is 528 g/mol. The first-order valence-corrected chi connectivity index (χ1v) is 11.1. The van der Waals surface area contributed by atoms with Crippen molar-refractivity contribution < 1.29 is 18.7 Å². The van der Waals surface area contributed by atoms with E-state index in [2.05, 4.69) is 21.2 Å². The Kier molecular flexibility index (Phi) is 8.47. The maximum atomic E-state index is 13.8. The van der Waals surface area contributed by atoms with Gasteiger partial charge in [0.15, 0.2) is 11.5 Å². The van der Waals surface area contributed by atoms with E-state index in [-0.39, 0.29) is 22.9 Å². The van der Waals surface area contributed by atoms with Gasteiger partial charge in [-0.1, -0.05) is 57.9 Å². The van der Waals surface area contributed by atoms with Crippen molar-refractivity contribution in [2.75, 3.05) is 11.9 Å². The average molecular weight is 530 g/mol. The van der Waals surface area contributed by atoms with Crippen molar-refractivity contribution in [1.82, 2.24) is 0 Å². The zero-order chi connectivity index (χ0) is 23.8. The highest BCUT2D eigenvalue weighted by Crippen LogP contribution is 2.38. The molecule has 8 heteroatoms. The third-order valence-electron chi connectivity index (χ3n) is 4.46. The van der Waals surface area contributed by atoms with E-state index in [0.29, 0.717) is 23.7 Å². The Bertz CT molecular complexity index is 1240. The van der Waals surface area contributed by atoms with E-state index in [1.54, 1.807) is 18.2 Å². The summed E-state index contributed by atoms with van der Waals surface area (Å²) in [5.74, 6) is -0.627. The number of carbonyl (C=O) groups is 1. The molecular formula is C25H19BrClFN2O3. The fraction of sp³-hybridized carbons (Fsp3) is 0.120. The van der Waals surface area contributed by atoms with E-state index in [1.807, 2.05) is 37.3 Å². The normalized spacial score (nSPS) is 10.9. The molecule has 0 aromatic heterocycles. The van der Waals surface area contributed by atoms with Crippen LogP contribution in [0.1, 0.15) is 18.1 Å². The van der Waals surface area contributed by atoms with Crippen LogP contribution in [-0.4, -0.2) is 12.5 Å². The number of hydrogen-bond acceptors (Lipinski definition) is 4. The van der Waals surface area contributed by atoms with E-state index in [0.717, 1.165) is 10.0 Å². The molecule has 3 aromatic carbocycles. The molecule has 1 amide bonds. The molecule has 0 atom stereocenters. The highest BCUT2D eigenvalue weighted by atomic mass is 79.9. The summed E-state index contributed by atoms with van der Waals surface area (Å²) < 4.78 is 26.3. The smallest absolute Gasteiger partial charge is 0.266 e. The number of hydrogen-bond donors (Lipinski definition) is 1. The van der Waals surface area contributed by atoms with Crippen LogP contribution in [-0.2, 0) is 11.4 Å². The summed E-state index contributed by atoms with van der Waals surface area (Å²) in [7, 11) is 0. The Morgan fingerprint density at radius 2 is 1.91 bits per heavy atom. The molecule has 0 fully saturated rings. The number of amides is 1. The maximum Gasteiger partial charge on any atom is 0.266 e. The number of benzene rings is 3. The van der Waals surface area contributed by atoms with Crippen molar-refractivity contribution in [1.29, 1.82) is 5.26 Å². The second-order valence-electron chi connectivity index (χ2n) is 6.75. The molecule has 1 N–H and O–H groups in total. The number of halogens is 3. The lowest BCUT2D eigenvalue weighted by molar-refractivity contribution is -0.112. The number of para-hydroxylation sites is 1. The van der Waals surface area contributed by atoms with Crippen LogP contribution in [0.25, 0.3) is 6.08 Å². The van der Waals surface area contributed by atoms with Crippen LogP contribution < -0.4 is 14.8 Å². The van der Waals surface area contributed by atoms with Crippen LogP contribution in [0, 0.1) is 17.1 Å². The molecule has 0 bridgehead atoms. The molecule has 0 heterocycles. The summed E-state index contributed by atoms with van der Waals surface area (Å²) >= 11 is 9.94. The molecule has 168 valence electrons. The lowest BCUT2D eigenvalue weighted by Crippen LogP contribution is -2.14. The third-order valence-corrected chi connectivity index (χ3v) is 5.51. The van der Waals surface area contributed by atoms with E-state index < -0.39 is 11.7 Å². The van der Waals surface area contributed by atoms with Gasteiger partial charge in [0.25, 0.3) is 5.91 Å². The molecule has 33 heavy (non-hydrogen) atoms. The van der Waals surface area contributed by atoms with Crippen LogP contribution in [0.3, 0.4) is 0 Å². The summed E-state index contributed by atoms with van der Waals surface area (Å²) in [6.45, 7) is 2.43. The van der Waals surface area contributed by atoms with Gasteiger partial charge in [0.2, 0.25) is 0 Å². The van der Waals surface area contributed by atoms with Gasteiger partial charge >= 0.3 is 0 Å². The van der Waals surface area contributed by atoms with E-state index in [1.165, 1.54) is 24.3 Å². The average Bonchev–Trinajstić information content (AvgIpc) is 2.79. The molecule has 0 saturated carbocycles. The molecule has 0 saturated heterocycles. The van der Waals surface area contributed by atoms with Gasteiger partial charge in [-0.3, -0.25) is 4.79 Å². The van der Waals surface area contributed by atoms with Gasteiger partial charge in [-0.2, -0.15) is 5.26 Å². The molecule has 0 unspecified atom stereocenters. The standard InChI is InChI=1S/C25H19BrClFN2O3/c1-2-32-23-13-16(11-18(14-29)25(31)30-22-10-6-5-9-21(22)28)12-20(27)24(23)33-15-17-7-3-4-8-19(17)26/h3-13H,2,15H2,1H3,(H,30,31)/b18-11+. The highest BCUT2D eigenvalue weighted by molar-refractivity contribution is 9.10. The molecular weight excluding hydrogens is 511 g/mol. The van der Waals surface area contributed by atoms with Crippen LogP contribution in [0.4, 0.5) is 10.1 Å². The van der Waals surface area contributed by atoms with Crippen molar-refractivity contribution in [2.24, 2.45) is 0 Å². The maximum absolute atomic E-state index is 13.8. The summed E-state index contributed by atoms with van der Waals surface area (Å²) in [6, 6.07) is 18.4. The zero-order valence-electron chi connectivity index (χ0n) is 17.6. The fourth-order valence-electron chi connectivity index (χ4n) is 2.91. The fourth-order valence-corrected chi connectivity index (χ4v) is 3.58. The summed E-state index contributed by atoms with van der Waals surface area (Å²) in [5, 5.41) is 12.1. The Morgan fingerprint density at radius 3 is 2.61 bits per heavy atom. The van der Waals surface area contributed by atoms with Crippen LogP contribution in [0.5, 0.6) is 11.5 Å². The topological polar surface area (TPSA) is 71.3 Å². The molecule has 3 rings (SSSR count). The minimum Gasteiger partial charge on any atom is -0.490 e. The number of nitrogens with zero attached hydrogens (tertiary/aromatic N) is 1. The number of carbonyl (C=O) groups excluding carboxylic acids is 1. The van der Waals surface area contributed by atoms with Gasteiger partial charge in [-0.05, 0) is 48.9 Å². The predicted molar refractivity (Wildman–Crippen MR) is 130 cm³/mol. The Labute approximate surface area is 204 Å². The molecule has 0 aliphatic heterocycles. The van der Waals surface area contributed by atoms with Gasteiger partial charge in [0.1, 0.15) is 24.1 Å². The highest BCUT2D eigenvalue weighted by Gasteiger charge is 2.16. The van der Waals surface area contributed by atoms with Gasteiger partial charge in [0, 0.05) is 10.0 Å². The predicted octanol–water partition coefficient (Wildman–Crippen LogP) is 6.76. The van der Waals surface area contributed by atoms with Crippen molar-refractivity contribution in [3.63, 3.8) is 0 Å². The lowest BCUT2D eigenvalue weighted by Gasteiger charge is -2.15. The van der Waals surface area contributed by atoms with Crippen LogP contribution in [0.2, 0.25) is 5.02 Å². The van der Waals surface area contributed by atoms with Crippen LogP contribution in [0.15, 0.2) is 70.7 Å². The first-order valence-electron chi connectivity index (χ1n) is 9.93. The Morgan fingerprint density at radius 1 is 1.18 bits per heavy atom. The summed E-state index contributed by atoms with van der Waals surface area (Å²) in [6.07, 6.45) is 1.35. The number of nitriles is 1. The zero-order valence-corrected chi connectivity index (χ0v) is 19.9. The largest absolute Gasteiger partial charge is 0.490 e. The minimum absolute atomic E-state index is 0.0208. The first-order chi connectivity index (χ1) is 15.9. The Balaban J connectivity index is 1.87. The van der Waals surface area contributed by atoms with E-state index in [4.69, 9.17) is 21.1 Å². The van der Waals surface area contributed by atoms with E-state index in [9.17, 15) is 14.4 Å². The summed E-state index contributed by atoms with van der Waals surface area (Å²) in [4.78, 5) is 12.5. The number of nitrogens with one attached hydrogen (secondary N) is 1. The van der Waals surface area contributed by atoms with Gasteiger partial charge < -0.3 is 14.8 Å². The van der Waals surface area contributed by atoms with E-state index >= 15 is 0 Å². The number of rotatable bonds is 8. The van der Waals surface area contributed by atoms with Crippen molar-refractivity contribution in [2.45, 2.75) is 13.5 Å². The lowest BCUT2D eigenvalue weighted by atomic mass is 10.1. The van der Waals surface area contributed by atoms with Crippen molar-refractivity contribution >= 4 is 45.2 Å². The van der Waals surface area contributed by atoms with Crippen molar-refractivity contribution in [3.8, 4) is 17.6 Å². The first kappa shape index (κ1) is 24.3. The molecule has 3 aromatic rings. The second kappa shape index (κ2) is 11.5. The van der Waals surface area contributed by atoms with Crippen LogP contribution >= 0.6 is 27.5 Å². The van der Waals surface area contributed by atoms with Gasteiger partial charge in [0.05, 0.1) is 17.3 Å². The SMILES string of the molecule is CCOc1cc(/C=C(\C#N)C(=O)Nc2ccccc2F)cc(Cl)c1OCc1ccccc1Br. The van der Waals surface area contributed by atoms with Gasteiger partial charge in [-0.25, -0.2) is 4.39 Å². The molecule has 5 nitrogen and oxygen atoms in total. The van der Waals surface area contributed by atoms with Crippen molar-refractivity contribution in [3.05, 3.63) is 92.7 Å². The third kappa shape index (κ3) is 6.35. The molecule has 0 aliphatic rings. The minimum atomic E-state index is -0.745. The quantitative estimate of drug-likeness (QED) is 0.258. The number of anilines is 1. The molecule has 0 aliphatic carbocycles. The Hall–Kier alpha value is -3.34. The number of ether oxygens (including phenoxy) is 2.